The maximum Gasteiger partial charge on any atom is 0.171 e. The second kappa shape index (κ2) is 7.19. The molecule has 0 radical (unpaired) electrons. The Morgan fingerprint density at radius 1 is 0.871 bits per heavy atom. The van der Waals surface area contributed by atoms with E-state index in [-0.39, 0.29) is 5.79 Å². The Kier molecular flexibility index (Phi) is 4.97. The van der Waals surface area contributed by atoms with Gasteiger partial charge >= 0.3 is 0 Å². The average molecular weight is 430 g/mol. The van der Waals surface area contributed by atoms with E-state index in [9.17, 15) is 0 Å². The van der Waals surface area contributed by atoms with Crippen LogP contribution in [0, 0.1) is 58.2 Å². The molecule has 0 aromatic carbocycles. The van der Waals surface area contributed by atoms with Crippen molar-refractivity contribution >= 4 is 0 Å². The molecule has 0 bridgehead atoms. The van der Waals surface area contributed by atoms with Gasteiger partial charge in [0.1, 0.15) is 0 Å². The van der Waals surface area contributed by atoms with Crippen molar-refractivity contribution in [2.45, 2.75) is 104 Å². The molecule has 2 N–H and O–H groups in total. The van der Waals surface area contributed by atoms with Gasteiger partial charge in [-0.15, -0.1) is 0 Å². The van der Waals surface area contributed by atoms with Crippen molar-refractivity contribution in [3.8, 4) is 0 Å². The molecular formula is C28H47NO2. The van der Waals surface area contributed by atoms with Crippen LogP contribution in [-0.4, -0.2) is 25.0 Å². The number of rotatable bonds is 1. The summed E-state index contributed by atoms with van der Waals surface area (Å²) in [5.74, 6) is 6.12. The van der Waals surface area contributed by atoms with Crippen LogP contribution in [0.1, 0.15) is 91.9 Å². The Balaban J connectivity index is 1.24. The first-order chi connectivity index (χ1) is 14.8. The van der Waals surface area contributed by atoms with E-state index in [0.717, 1.165) is 49.2 Å². The van der Waals surface area contributed by atoms with E-state index in [1.165, 1.54) is 57.8 Å². The Labute approximate surface area is 190 Å². The van der Waals surface area contributed by atoms with Gasteiger partial charge in [-0.25, -0.2) is 0 Å². The molecule has 31 heavy (non-hydrogen) atoms. The van der Waals surface area contributed by atoms with Crippen molar-refractivity contribution in [2.75, 3.05) is 13.2 Å². The van der Waals surface area contributed by atoms with Crippen LogP contribution in [0.3, 0.4) is 0 Å². The number of nitrogens with two attached hydrogens (primary N) is 1. The van der Waals surface area contributed by atoms with E-state index in [2.05, 4.69) is 27.7 Å². The molecule has 0 aromatic heterocycles. The molecule has 6 aliphatic rings. The average Bonchev–Trinajstić information content (AvgIpc) is 3.20. The molecule has 1 spiro atoms. The molecule has 2 aliphatic heterocycles. The van der Waals surface area contributed by atoms with E-state index in [1.54, 1.807) is 0 Å². The van der Waals surface area contributed by atoms with Crippen LogP contribution in [0.15, 0.2) is 0 Å². The standard InChI is InChI=1S/C28H47NO2/c1-17-7-12-28(30-16-17)18(2)25-24(31-28)14-23-21-6-5-20-13-19(15-29)8-10-26(20,3)22(21)9-11-27(23,25)4/h17-25H,5-16,29H2,1-4H3/t17?,18-,19-,20?,21?,22?,23?,24-,25-,26-,27-,28+/m0/s1. The minimum atomic E-state index is -0.267. The van der Waals surface area contributed by atoms with Crippen LogP contribution >= 0.6 is 0 Å². The largest absolute Gasteiger partial charge is 0.349 e. The molecule has 4 aliphatic carbocycles. The molecule has 176 valence electrons. The number of fused-ring (bicyclic) bond motifs is 7. The molecule has 6 rings (SSSR count). The Morgan fingerprint density at radius 3 is 2.42 bits per heavy atom. The van der Waals surface area contributed by atoms with E-state index in [4.69, 9.17) is 15.2 Å². The summed E-state index contributed by atoms with van der Waals surface area (Å²) >= 11 is 0. The smallest absolute Gasteiger partial charge is 0.171 e. The Hall–Kier alpha value is -0.120. The monoisotopic (exact) mass is 429 g/mol. The third kappa shape index (κ3) is 2.88. The lowest BCUT2D eigenvalue weighted by molar-refractivity contribution is -0.273. The third-order valence-corrected chi connectivity index (χ3v) is 12.4. The molecule has 6 fully saturated rings. The van der Waals surface area contributed by atoms with Gasteiger partial charge in [-0.1, -0.05) is 27.7 Å². The summed E-state index contributed by atoms with van der Waals surface area (Å²) in [5.41, 5.74) is 7.13. The van der Waals surface area contributed by atoms with E-state index in [0.29, 0.717) is 34.7 Å². The lowest BCUT2D eigenvalue weighted by Crippen LogP contribution is -2.55. The highest BCUT2D eigenvalue weighted by molar-refractivity contribution is 5.15. The molecular weight excluding hydrogens is 382 g/mol. The van der Waals surface area contributed by atoms with Crippen molar-refractivity contribution in [1.82, 2.24) is 0 Å². The Morgan fingerprint density at radius 2 is 1.68 bits per heavy atom. The number of hydrogen-bond donors (Lipinski definition) is 1. The fourth-order valence-corrected chi connectivity index (χ4v) is 10.6. The van der Waals surface area contributed by atoms with Gasteiger partial charge in [0.15, 0.2) is 5.79 Å². The summed E-state index contributed by atoms with van der Waals surface area (Å²) in [7, 11) is 0. The number of hydrogen-bond acceptors (Lipinski definition) is 3. The number of ether oxygens (including phenoxy) is 2. The normalized spacial score (nSPS) is 60.9. The molecule has 0 amide bonds. The zero-order chi connectivity index (χ0) is 21.6. The molecule has 2 saturated heterocycles. The summed E-state index contributed by atoms with van der Waals surface area (Å²) in [6.45, 7) is 11.9. The van der Waals surface area contributed by atoms with Gasteiger partial charge < -0.3 is 15.2 Å². The zero-order valence-electron chi connectivity index (χ0n) is 20.6. The van der Waals surface area contributed by atoms with E-state index >= 15 is 0 Å². The minimum absolute atomic E-state index is 0.267. The van der Waals surface area contributed by atoms with Gasteiger partial charge in [0.25, 0.3) is 0 Å². The summed E-state index contributed by atoms with van der Waals surface area (Å²) in [4.78, 5) is 0. The second-order valence-corrected chi connectivity index (χ2v) is 13.6. The highest BCUT2D eigenvalue weighted by atomic mass is 16.7. The fourth-order valence-electron chi connectivity index (χ4n) is 10.6. The van der Waals surface area contributed by atoms with Crippen molar-refractivity contribution in [1.29, 1.82) is 0 Å². The van der Waals surface area contributed by atoms with Gasteiger partial charge in [-0.05, 0) is 117 Å². The molecule has 3 heteroatoms. The van der Waals surface area contributed by atoms with Crippen LogP contribution < -0.4 is 5.73 Å². The Bertz CT molecular complexity index is 701. The fraction of sp³-hybridized carbons (Fsp3) is 1.00. The van der Waals surface area contributed by atoms with Crippen LogP contribution in [0.5, 0.6) is 0 Å². The molecule has 0 aromatic rings. The topological polar surface area (TPSA) is 44.5 Å². The molecule has 2 heterocycles. The lowest BCUT2D eigenvalue weighted by Gasteiger charge is -2.61. The van der Waals surface area contributed by atoms with Crippen LogP contribution in [-0.2, 0) is 9.47 Å². The molecule has 3 nitrogen and oxygen atoms in total. The first kappa shape index (κ1) is 21.4. The summed E-state index contributed by atoms with van der Waals surface area (Å²) in [6.07, 6.45) is 14.1. The lowest BCUT2D eigenvalue weighted by atomic mass is 9.44. The van der Waals surface area contributed by atoms with Gasteiger partial charge in [-0.2, -0.15) is 0 Å². The minimum Gasteiger partial charge on any atom is -0.349 e. The maximum absolute atomic E-state index is 6.94. The van der Waals surface area contributed by atoms with Gasteiger partial charge in [0.2, 0.25) is 0 Å². The molecule has 4 saturated carbocycles. The van der Waals surface area contributed by atoms with Gasteiger partial charge in [-0.3, -0.25) is 0 Å². The summed E-state index contributed by atoms with van der Waals surface area (Å²) < 4.78 is 13.4. The zero-order valence-corrected chi connectivity index (χ0v) is 20.6. The summed E-state index contributed by atoms with van der Waals surface area (Å²) in [5, 5.41) is 0. The summed E-state index contributed by atoms with van der Waals surface area (Å²) in [6, 6.07) is 0. The van der Waals surface area contributed by atoms with E-state index in [1.807, 2.05) is 0 Å². The van der Waals surface area contributed by atoms with E-state index < -0.39 is 0 Å². The van der Waals surface area contributed by atoms with Crippen LogP contribution in [0.25, 0.3) is 0 Å². The molecule has 5 unspecified atom stereocenters. The van der Waals surface area contributed by atoms with Gasteiger partial charge in [0.05, 0.1) is 12.7 Å². The quantitative estimate of drug-likeness (QED) is 0.555. The van der Waals surface area contributed by atoms with Crippen molar-refractivity contribution in [2.24, 2.45) is 63.9 Å². The highest BCUT2D eigenvalue weighted by Gasteiger charge is 2.69. The molecule has 12 atom stereocenters. The van der Waals surface area contributed by atoms with Crippen molar-refractivity contribution in [3.63, 3.8) is 0 Å². The van der Waals surface area contributed by atoms with Crippen molar-refractivity contribution < 1.29 is 9.47 Å². The first-order valence-electron chi connectivity index (χ1n) is 13.8. The van der Waals surface area contributed by atoms with Crippen molar-refractivity contribution in [3.05, 3.63) is 0 Å². The highest BCUT2D eigenvalue weighted by Crippen LogP contribution is 2.71. The first-order valence-corrected chi connectivity index (χ1v) is 13.8. The second-order valence-electron chi connectivity index (χ2n) is 13.6. The predicted octanol–water partition coefficient (Wildman–Crippen LogP) is 6.01. The van der Waals surface area contributed by atoms with Crippen LogP contribution in [0.2, 0.25) is 0 Å². The third-order valence-electron chi connectivity index (χ3n) is 12.4. The van der Waals surface area contributed by atoms with Gasteiger partial charge in [0, 0.05) is 12.3 Å². The van der Waals surface area contributed by atoms with Crippen LogP contribution in [0.4, 0.5) is 0 Å². The maximum atomic E-state index is 6.94. The SMILES string of the molecule is CC1CC[C@@]2(OC1)O[C@H]1CC3C4CCC5C[C@@H](CN)CC[C@]5(C)C4CC[C@]3(C)[C@H]1[C@@H]2C. The predicted molar refractivity (Wildman–Crippen MR) is 124 cm³/mol.